The van der Waals surface area contributed by atoms with Crippen LogP contribution in [-0.2, 0) is 6.54 Å². The lowest BCUT2D eigenvalue weighted by Gasteiger charge is -2.23. The van der Waals surface area contributed by atoms with Gasteiger partial charge in [-0.15, -0.1) is 5.10 Å². The summed E-state index contributed by atoms with van der Waals surface area (Å²) in [6.07, 6.45) is 1.57. The smallest absolute Gasteiger partial charge is 0.128 e. The molecular formula is C19H18F2N4O. The molecule has 0 unspecified atom stereocenters. The molecule has 4 rings (SSSR count). The molecule has 0 bridgehead atoms. The average molecular weight is 356 g/mol. The topological polar surface area (TPSA) is 54.2 Å². The minimum Gasteiger partial charge on any atom is -0.392 e. The van der Waals surface area contributed by atoms with Crippen LogP contribution in [0.4, 0.5) is 8.78 Å². The van der Waals surface area contributed by atoms with Gasteiger partial charge in [-0.3, -0.25) is 4.90 Å². The fraction of sp³-hybridized carbons (Fsp3) is 0.263. The number of halogens is 2. The molecule has 1 saturated heterocycles. The van der Waals surface area contributed by atoms with Crippen molar-refractivity contribution in [2.45, 2.75) is 25.1 Å². The van der Waals surface area contributed by atoms with E-state index < -0.39 is 23.8 Å². The quantitative estimate of drug-likeness (QED) is 0.781. The molecule has 5 nitrogen and oxygen atoms in total. The zero-order valence-electron chi connectivity index (χ0n) is 14.0. The predicted octanol–water partition coefficient (Wildman–Crippen LogP) is 2.85. The lowest BCUT2D eigenvalue weighted by atomic mass is 10.0. The predicted molar refractivity (Wildman–Crippen MR) is 91.5 cm³/mol. The second-order valence-electron chi connectivity index (χ2n) is 6.49. The van der Waals surface area contributed by atoms with Crippen LogP contribution in [-0.4, -0.2) is 37.6 Å². The second-order valence-corrected chi connectivity index (χ2v) is 6.49. The first-order valence-corrected chi connectivity index (χ1v) is 8.44. The van der Waals surface area contributed by atoms with Gasteiger partial charge in [0.25, 0.3) is 0 Å². The van der Waals surface area contributed by atoms with E-state index in [1.54, 1.807) is 10.9 Å². The Balaban J connectivity index is 1.57. The number of likely N-dealkylation sites (tertiary alicyclic amines) is 1. The monoisotopic (exact) mass is 356 g/mol. The number of hydrogen-bond donors (Lipinski definition) is 1. The van der Waals surface area contributed by atoms with Gasteiger partial charge in [-0.2, -0.15) is 0 Å². The Kier molecular flexibility index (Phi) is 4.48. The van der Waals surface area contributed by atoms with Crippen LogP contribution in [0.5, 0.6) is 0 Å². The normalized spacial score (nSPS) is 20.6. The molecule has 134 valence electrons. The minimum absolute atomic E-state index is 0.261. The van der Waals surface area contributed by atoms with Crippen LogP contribution in [0.2, 0.25) is 0 Å². The number of aromatic nitrogens is 3. The summed E-state index contributed by atoms with van der Waals surface area (Å²) in [5.74, 6) is -0.957. The Bertz CT molecular complexity index is 900. The van der Waals surface area contributed by atoms with Crippen LogP contribution < -0.4 is 0 Å². The van der Waals surface area contributed by atoms with E-state index in [0.717, 1.165) is 17.8 Å². The van der Waals surface area contributed by atoms with Crippen LogP contribution in [0.15, 0.2) is 54.7 Å². The Hall–Kier alpha value is -2.64. The molecule has 2 aromatic carbocycles. The van der Waals surface area contributed by atoms with Crippen LogP contribution in [0, 0.1) is 11.6 Å². The van der Waals surface area contributed by atoms with E-state index in [1.807, 2.05) is 35.2 Å². The number of aliphatic hydroxyl groups is 1. The molecule has 3 aromatic rings. The van der Waals surface area contributed by atoms with Gasteiger partial charge in [0.1, 0.15) is 11.6 Å². The number of hydrogen-bond acceptors (Lipinski definition) is 4. The minimum atomic E-state index is -0.591. The van der Waals surface area contributed by atoms with Crippen LogP contribution in [0.25, 0.3) is 5.69 Å². The van der Waals surface area contributed by atoms with Crippen molar-refractivity contribution in [2.24, 2.45) is 0 Å². The Morgan fingerprint density at radius 3 is 2.73 bits per heavy atom. The largest absolute Gasteiger partial charge is 0.392 e. The van der Waals surface area contributed by atoms with Crippen molar-refractivity contribution in [2.75, 3.05) is 6.54 Å². The molecule has 2 heterocycles. The van der Waals surface area contributed by atoms with Crippen molar-refractivity contribution in [1.82, 2.24) is 19.9 Å². The van der Waals surface area contributed by atoms with Gasteiger partial charge in [0, 0.05) is 24.7 Å². The number of para-hydroxylation sites is 1. The molecule has 0 saturated carbocycles. The Morgan fingerprint density at radius 2 is 1.92 bits per heavy atom. The van der Waals surface area contributed by atoms with Crippen LogP contribution >= 0.6 is 0 Å². The standard InChI is InChI=1S/C19H18F2N4O/c20-13-6-7-18(21)17(8-13)19-9-16(26)12-24(19)10-14-11-25(23-22-14)15-4-2-1-3-5-15/h1-8,11,16,19,26H,9-10,12H2/t16-,19-/m1/s1. The van der Waals surface area contributed by atoms with Gasteiger partial charge in [0.05, 0.1) is 23.7 Å². The van der Waals surface area contributed by atoms with Crippen molar-refractivity contribution in [3.05, 3.63) is 77.6 Å². The zero-order valence-corrected chi connectivity index (χ0v) is 14.0. The molecule has 26 heavy (non-hydrogen) atoms. The van der Waals surface area contributed by atoms with E-state index in [0.29, 0.717) is 25.2 Å². The summed E-state index contributed by atoms with van der Waals surface area (Å²) in [4.78, 5) is 1.90. The third-order valence-electron chi connectivity index (χ3n) is 4.63. The maximum Gasteiger partial charge on any atom is 0.128 e. The number of rotatable bonds is 4. The molecule has 2 atom stereocenters. The van der Waals surface area contributed by atoms with Crippen molar-refractivity contribution >= 4 is 0 Å². The van der Waals surface area contributed by atoms with Crippen molar-refractivity contribution < 1.29 is 13.9 Å². The van der Waals surface area contributed by atoms with Crippen molar-refractivity contribution in [3.63, 3.8) is 0 Å². The number of benzene rings is 2. The van der Waals surface area contributed by atoms with Crippen LogP contribution in [0.3, 0.4) is 0 Å². The van der Waals surface area contributed by atoms with Gasteiger partial charge in [-0.25, -0.2) is 13.5 Å². The van der Waals surface area contributed by atoms with E-state index in [4.69, 9.17) is 0 Å². The lowest BCUT2D eigenvalue weighted by molar-refractivity contribution is 0.172. The molecule has 0 spiro atoms. The highest BCUT2D eigenvalue weighted by Gasteiger charge is 2.34. The molecule has 7 heteroatoms. The summed E-state index contributed by atoms with van der Waals surface area (Å²) >= 11 is 0. The first-order valence-electron chi connectivity index (χ1n) is 8.44. The molecule has 1 aliphatic heterocycles. The molecule has 1 aromatic heterocycles. The molecular weight excluding hydrogens is 338 g/mol. The zero-order chi connectivity index (χ0) is 18.1. The summed E-state index contributed by atoms with van der Waals surface area (Å²) in [6, 6.07) is 12.6. The SMILES string of the molecule is O[C@@H]1C[C@H](c2cc(F)ccc2F)N(Cc2cn(-c3ccccc3)nn2)C1. The number of nitrogens with zero attached hydrogens (tertiary/aromatic N) is 4. The maximum atomic E-state index is 14.2. The van der Waals surface area contributed by atoms with Gasteiger partial charge >= 0.3 is 0 Å². The summed E-state index contributed by atoms with van der Waals surface area (Å²) in [7, 11) is 0. The first-order chi connectivity index (χ1) is 12.6. The molecule has 1 N–H and O–H groups in total. The summed E-state index contributed by atoms with van der Waals surface area (Å²) < 4.78 is 29.4. The van der Waals surface area contributed by atoms with Gasteiger partial charge in [0.15, 0.2) is 0 Å². The van der Waals surface area contributed by atoms with Gasteiger partial charge < -0.3 is 5.11 Å². The second kappa shape index (κ2) is 6.93. The van der Waals surface area contributed by atoms with Crippen LogP contribution in [0.1, 0.15) is 23.7 Å². The van der Waals surface area contributed by atoms with Gasteiger partial charge in [-0.05, 0) is 36.8 Å². The third-order valence-corrected chi connectivity index (χ3v) is 4.63. The van der Waals surface area contributed by atoms with Gasteiger partial charge in [-0.1, -0.05) is 23.4 Å². The third kappa shape index (κ3) is 3.36. The Labute approximate surface area is 149 Å². The van der Waals surface area contributed by atoms with Crippen molar-refractivity contribution in [1.29, 1.82) is 0 Å². The van der Waals surface area contributed by atoms with E-state index in [-0.39, 0.29) is 5.56 Å². The lowest BCUT2D eigenvalue weighted by Crippen LogP contribution is -2.25. The highest BCUT2D eigenvalue weighted by Crippen LogP contribution is 2.34. The fourth-order valence-corrected chi connectivity index (χ4v) is 3.43. The average Bonchev–Trinajstić information content (AvgIpc) is 3.25. The number of aliphatic hydroxyl groups excluding tert-OH is 1. The van der Waals surface area contributed by atoms with E-state index >= 15 is 0 Å². The molecule has 1 aliphatic rings. The van der Waals surface area contributed by atoms with E-state index in [2.05, 4.69) is 10.3 Å². The van der Waals surface area contributed by atoms with E-state index in [1.165, 1.54) is 6.07 Å². The maximum absolute atomic E-state index is 14.2. The first kappa shape index (κ1) is 16.8. The summed E-state index contributed by atoms with van der Waals surface area (Å²) in [5.41, 5.74) is 1.85. The molecule has 1 fully saturated rings. The molecule has 0 amide bonds. The van der Waals surface area contributed by atoms with Crippen molar-refractivity contribution in [3.8, 4) is 5.69 Å². The molecule has 0 aliphatic carbocycles. The fourth-order valence-electron chi connectivity index (χ4n) is 3.43. The molecule has 0 radical (unpaired) electrons. The summed E-state index contributed by atoms with van der Waals surface area (Å²) in [5, 5.41) is 18.3. The highest BCUT2D eigenvalue weighted by atomic mass is 19.1. The highest BCUT2D eigenvalue weighted by molar-refractivity contribution is 5.30. The van der Waals surface area contributed by atoms with E-state index in [9.17, 15) is 13.9 Å². The van der Waals surface area contributed by atoms with Gasteiger partial charge in [0.2, 0.25) is 0 Å². The number of β-amino-alcohol motifs (C(OH)–C–C–N with tert-alkyl or cyclic N) is 1. The summed E-state index contributed by atoms with van der Waals surface area (Å²) in [6.45, 7) is 0.767. The Morgan fingerprint density at radius 1 is 1.12 bits per heavy atom.